The maximum absolute atomic E-state index is 4.69. The lowest BCUT2D eigenvalue weighted by Gasteiger charge is -2.40. The zero-order chi connectivity index (χ0) is 15.5. The van der Waals surface area contributed by atoms with Crippen molar-refractivity contribution < 1.29 is 0 Å². The van der Waals surface area contributed by atoms with Crippen LogP contribution in [-0.2, 0) is 6.54 Å². The monoisotopic (exact) mass is 353 g/mol. The molecule has 1 aromatic rings. The molecule has 0 aromatic carbocycles. The Balaban J connectivity index is 2.12. The smallest absolute Gasteiger partial charge is 0.133 e. The van der Waals surface area contributed by atoms with E-state index in [1.54, 1.807) is 0 Å². The van der Waals surface area contributed by atoms with E-state index in [1.807, 2.05) is 6.20 Å². The van der Waals surface area contributed by atoms with Crippen molar-refractivity contribution >= 4 is 21.7 Å². The van der Waals surface area contributed by atoms with Gasteiger partial charge in [-0.15, -0.1) is 0 Å². The van der Waals surface area contributed by atoms with Crippen molar-refractivity contribution in [1.29, 1.82) is 0 Å². The van der Waals surface area contributed by atoms with Gasteiger partial charge in [-0.25, -0.2) is 4.98 Å². The number of nitrogens with one attached hydrogen (secondary N) is 1. The van der Waals surface area contributed by atoms with E-state index in [4.69, 9.17) is 4.98 Å². The van der Waals surface area contributed by atoms with Crippen LogP contribution >= 0.6 is 15.9 Å². The second-order valence-corrected chi connectivity index (χ2v) is 7.74. The van der Waals surface area contributed by atoms with Crippen molar-refractivity contribution in [3.63, 3.8) is 0 Å². The Kier molecular flexibility index (Phi) is 5.67. The van der Waals surface area contributed by atoms with Crippen molar-refractivity contribution in [2.45, 2.75) is 59.5 Å². The lowest BCUT2D eigenvalue weighted by atomic mass is 9.78. The topological polar surface area (TPSA) is 28.2 Å². The number of nitrogens with zero attached hydrogens (tertiary/aromatic N) is 2. The number of rotatable bonds is 5. The second kappa shape index (κ2) is 7.10. The first kappa shape index (κ1) is 16.8. The highest BCUT2D eigenvalue weighted by Crippen LogP contribution is 2.36. The third kappa shape index (κ3) is 4.43. The molecule has 1 fully saturated rings. The fourth-order valence-electron chi connectivity index (χ4n) is 2.81. The molecule has 0 unspecified atom stereocenters. The molecule has 1 aliphatic rings. The Morgan fingerprint density at radius 1 is 1.38 bits per heavy atom. The van der Waals surface area contributed by atoms with Crippen LogP contribution in [0.2, 0.25) is 0 Å². The molecule has 0 spiro atoms. The molecular weight excluding hydrogens is 326 g/mol. The largest absolute Gasteiger partial charge is 0.356 e. The predicted molar refractivity (Wildman–Crippen MR) is 93.8 cm³/mol. The van der Waals surface area contributed by atoms with Gasteiger partial charge in [-0.1, -0.05) is 34.1 Å². The average molecular weight is 354 g/mol. The highest BCUT2D eigenvalue weighted by Gasteiger charge is 2.29. The lowest BCUT2D eigenvalue weighted by Crippen LogP contribution is -2.39. The molecule has 3 nitrogen and oxygen atoms in total. The molecule has 1 N–H and O–H groups in total. The van der Waals surface area contributed by atoms with Crippen LogP contribution in [0.5, 0.6) is 0 Å². The molecule has 1 saturated heterocycles. The fraction of sp³-hybridized carbons (Fsp3) is 0.706. The van der Waals surface area contributed by atoms with E-state index >= 15 is 0 Å². The summed E-state index contributed by atoms with van der Waals surface area (Å²) in [5, 5.41) is 3.51. The van der Waals surface area contributed by atoms with Gasteiger partial charge in [0.2, 0.25) is 0 Å². The van der Waals surface area contributed by atoms with Gasteiger partial charge in [-0.2, -0.15) is 0 Å². The number of piperidine rings is 1. The minimum Gasteiger partial charge on any atom is -0.356 e. The summed E-state index contributed by atoms with van der Waals surface area (Å²) < 4.78 is 1.06. The van der Waals surface area contributed by atoms with Crippen LogP contribution in [0.4, 0.5) is 5.82 Å². The maximum Gasteiger partial charge on any atom is 0.133 e. The van der Waals surface area contributed by atoms with Gasteiger partial charge < -0.3 is 10.2 Å². The van der Waals surface area contributed by atoms with Gasteiger partial charge in [0.15, 0.2) is 0 Å². The third-order valence-corrected chi connectivity index (χ3v) is 5.17. The zero-order valence-electron chi connectivity index (χ0n) is 13.7. The summed E-state index contributed by atoms with van der Waals surface area (Å²) in [5.74, 6) is 1.16. The summed E-state index contributed by atoms with van der Waals surface area (Å²) in [5.41, 5.74) is 1.81. The first-order chi connectivity index (χ1) is 9.93. The van der Waals surface area contributed by atoms with E-state index < -0.39 is 0 Å². The Bertz CT molecular complexity index is 465. The third-order valence-electron chi connectivity index (χ3n) is 4.73. The summed E-state index contributed by atoms with van der Waals surface area (Å²) in [6.07, 6.45) is 5.72. The summed E-state index contributed by atoms with van der Waals surface area (Å²) in [4.78, 5) is 7.15. The van der Waals surface area contributed by atoms with E-state index in [2.05, 4.69) is 59.9 Å². The molecule has 4 heteroatoms. The molecular formula is C17H28BrN3. The van der Waals surface area contributed by atoms with E-state index in [9.17, 15) is 0 Å². The molecule has 2 rings (SSSR count). The molecule has 0 saturated carbocycles. The molecule has 0 amide bonds. The van der Waals surface area contributed by atoms with Crippen LogP contribution < -0.4 is 10.2 Å². The molecule has 1 aliphatic heterocycles. The molecule has 0 aliphatic carbocycles. The molecule has 1 aromatic heterocycles. The average Bonchev–Trinajstić information content (AvgIpc) is 2.46. The van der Waals surface area contributed by atoms with E-state index in [1.165, 1.54) is 24.8 Å². The van der Waals surface area contributed by atoms with Crippen LogP contribution in [-0.4, -0.2) is 24.1 Å². The molecule has 118 valence electrons. The quantitative estimate of drug-likeness (QED) is 0.852. The molecule has 0 atom stereocenters. The minimum atomic E-state index is 0.488. The SMILES string of the molecule is CCC1(C)CCN(c2ncc(Br)cc2CNC(C)C)CC1. The highest BCUT2D eigenvalue weighted by atomic mass is 79.9. The molecule has 0 bridgehead atoms. The first-order valence-corrected chi connectivity index (χ1v) is 8.85. The number of pyridine rings is 1. The highest BCUT2D eigenvalue weighted by molar-refractivity contribution is 9.10. The van der Waals surface area contributed by atoms with Gasteiger partial charge in [0, 0.05) is 41.9 Å². The Morgan fingerprint density at radius 2 is 2.05 bits per heavy atom. The van der Waals surface area contributed by atoms with Gasteiger partial charge in [-0.05, 0) is 40.3 Å². The van der Waals surface area contributed by atoms with Gasteiger partial charge in [-0.3, -0.25) is 0 Å². The van der Waals surface area contributed by atoms with Gasteiger partial charge in [0.05, 0.1) is 0 Å². The van der Waals surface area contributed by atoms with Crippen molar-refractivity contribution in [2.75, 3.05) is 18.0 Å². The first-order valence-electron chi connectivity index (χ1n) is 8.06. The summed E-state index contributed by atoms with van der Waals surface area (Å²) in [6.45, 7) is 12.2. The fourth-order valence-corrected chi connectivity index (χ4v) is 3.19. The minimum absolute atomic E-state index is 0.488. The number of halogens is 1. The predicted octanol–water partition coefficient (Wildman–Crippen LogP) is 4.36. The van der Waals surface area contributed by atoms with Crippen molar-refractivity contribution in [2.24, 2.45) is 5.41 Å². The van der Waals surface area contributed by atoms with E-state index in [0.29, 0.717) is 11.5 Å². The Hall–Kier alpha value is -0.610. The summed E-state index contributed by atoms with van der Waals surface area (Å²) in [6, 6.07) is 2.69. The van der Waals surface area contributed by atoms with Crippen LogP contribution in [0.1, 0.15) is 52.5 Å². The van der Waals surface area contributed by atoms with Crippen LogP contribution in [0.3, 0.4) is 0 Å². The van der Waals surface area contributed by atoms with Crippen LogP contribution in [0.15, 0.2) is 16.7 Å². The van der Waals surface area contributed by atoms with Crippen LogP contribution in [0.25, 0.3) is 0 Å². The van der Waals surface area contributed by atoms with Crippen molar-refractivity contribution in [3.8, 4) is 0 Å². The maximum atomic E-state index is 4.69. The number of aromatic nitrogens is 1. The summed E-state index contributed by atoms with van der Waals surface area (Å²) in [7, 11) is 0. The Morgan fingerprint density at radius 3 is 2.62 bits per heavy atom. The summed E-state index contributed by atoms with van der Waals surface area (Å²) >= 11 is 3.55. The molecule has 2 heterocycles. The second-order valence-electron chi connectivity index (χ2n) is 6.82. The van der Waals surface area contributed by atoms with Crippen molar-refractivity contribution in [1.82, 2.24) is 10.3 Å². The van der Waals surface area contributed by atoms with Gasteiger partial charge in [0.1, 0.15) is 5.82 Å². The van der Waals surface area contributed by atoms with Crippen LogP contribution in [0, 0.1) is 5.41 Å². The van der Waals surface area contributed by atoms with E-state index in [-0.39, 0.29) is 0 Å². The van der Waals surface area contributed by atoms with E-state index in [0.717, 1.165) is 29.9 Å². The lowest BCUT2D eigenvalue weighted by molar-refractivity contribution is 0.237. The standard InChI is InChI=1S/C17H28BrN3/c1-5-17(4)6-8-21(9-7-17)16-14(11-19-13(2)3)10-15(18)12-20-16/h10,12-13,19H,5-9,11H2,1-4H3. The number of hydrogen-bond donors (Lipinski definition) is 1. The molecule has 21 heavy (non-hydrogen) atoms. The van der Waals surface area contributed by atoms with Crippen molar-refractivity contribution in [3.05, 3.63) is 22.3 Å². The number of hydrogen-bond acceptors (Lipinski definition) is 3. The van der Waals surface area contributed by atoms with Gasteiger partial charge in [0.25, 0.3) is 0 Å². The zero-order valence-corrected chi connectivity index (χ0v) is 15.3. The number of anilines is 1. The van der Waals surface area contributed by atoms with Gasteiger partial charge >= 0.3 is 0 Å². The molecule has 0 radical (unpaired) electrons. The normalized spacial score (nSPS) is 18.3. The Labute approximate surface area is 137 Å².